The van der Waals surface area contributed by atoms with Gasteiger partial charge in [0.15, 0.2) is 0 Å². The van der Waals surface area contributed by atoms with E-state index in [1.807, 2.05) is 0 Å². The van der Waals surface area contributed by atoms with Crippen LogP contribution >= 0.6 is 0 Å². The normalized spacial score (nSPS) is 14.9. The maximum atomic E-state index is 11.4. The number of carboxylic acids is 1. The van der Waals surface area contributed by atoms with Crippen LogP contribution in [-0.4, -0.2) is 23.5 Å². The predicted octanol–water partition coefficient (Wildman–Crippen LogP) is -0.0839. The van der Waals surface area contributed by atoms with E-state index in [4.69, 9.17) is 10.8 Å². The summed E-state index contributed by atoms with van der Waals surface area (Å²) in [6.45, 7) is -0.386. The zero-order valence-corrected chi connectivity index (χ0v) is 8.06. The first-order chi connectivity index (χ1) is 7.09. The number of rotatable bonds is 3. The number of aliphatic carboxylic acids is 1. The number of hydrogen-bond donors (Lipinski definition) is 3. The van der Waals surface area contributed by atoms with Crippen LogP contribution < -0.4 is 11.1 Å². The number of carbonyl (C=O) groups is 2. The van der Waals surface area contributed by atoms with Gasteiger partial charge in [-0.2, -0.15) is 0 Å². The SMILES string of the molecule is NC1=CC=C(C(=O)NCC(=O)O)C=CC1. The molecular formula is C10H12N2O3. The van der Waals surface area contributed by atoms with Gasteiger partial charge in [0.2, 0.25) is 0 Å². The number of nitrogens with one attached hydrogen (secondary N) is 1. The number of allylic oxidation sites excluding steroid dienone is 3. The molecule has 0 atom stereocenters. The number of carbonyl (C=O) groups excluding carboxylic acids is 1. The molecule has 0 spiro atoms. The van der Waals surface area contributed by atoms with Gasteiger partial charge in [0.25, 0.3) is 5.91 Å². The zero-order chi connectivity index (χ0) is 11.3. The van der Waals surface area contributed by atoms with Crippen molar-refractivity contribution in [2.45, 2.75) is 6.42 Å². The summed E-state index contributed by atoms with van der Waals surface area (Å²) >= 11 is 0. The van der Waals surface area contributed by atoms with Gasteiger partial charge < -0.3 is 16.2 Å². The molecule has 0 saturated carbocycles. The first-order valence-corrected chi connectivity index (χ1v) is 4.42. The fourth-order valence-corrected chi connectivity index (χ4v) is 1.05. The lowest BCUT2D eigenvalue weighted by atomic mass is 10.2. The summed E-state index contributed by atoms with van der Waals surface area (Å²) in [6.07, 6.45) is 7.16. The Bertz CT molecular complexity index is 367. The van der Waals surface area contributed by atoms with Gasteiger partial charge in [0.1, 0.15) is 6.54 Å². The molecule has 1 amide bonds. The Kier molecular flexibility index (Phi) is 3.68. The summed E-state index contributed by atoms with van der Waals surface area (Å²) < 4.78 is 0. The molecule has 0 radical (unpaired) electrons. The molecule has 0 aromatic heterocycles. The minimum atomic E-state index is -1.07. The average Bonchev–Trinajstić information content (AvgIpc) is 2.39. The van der Waals surface area contributed by atoms with Gasteiger partial charge in [0.05, 0.1) is 0 Å². The Morgan fingerprint density at radius 1 is 1.47 bits per heavy atom. The summed E-state index contributed by atoms with van der Waals surface area (Å²) in [4.78, 5) is 21.6. The quantitative estimate of drug-likeness (QED) is 0.604. The van der Waals surface area contributed by atoms with Gasteiger partial charge in [-0.05, 0) is 12.2 Å². The van der Waals surface area contributed by atoms with Crippen LogP contribution in [0.2, 0.25) is 0 Å². The Hall–Kier alpha value is -2.04. The third-order valence-corrected chi connectivity index (χ3v) is 1.79. The first-order valence-electron chi connectivity index (χ1n) is 4.42. The molecule has 0 aliphatic heterocycles. The second-order valence-corrected chi connectivity index (χ2v) is 3.05. The van der Waals surface area contributed by atoms with Crippen molar-refractivity contribution in [3.63, 3.8) is 0 Å². The summed E-state index contributed by atoms with van der Waals surface area (Å²) in [6, 6.07) is 0. The Labute approximate surface area is 87.0 Å². The van der Waals surface area contributed by atoms with Crippen LogP contribution in [0, 0.1) is 0 Å². The van der Waals surface area contributed by atoms with E-state index in [2.05, 4.69) is 5.32 Å². The van der Waals surface area contributed by atoms with Gasteiger partial charge in [-0.3, -0.25) is 9.59 Å². The Balaban J connectivity index is 2.63. The van der Waals surface area contributed by atoms with E-state index in [1.54, 1.807) is 24.3 Å². The van der Waals surface area contributed by atoms with Crippen molar-refractivity contribution in [1.29, 1.82) is 0 Å². The van der Waals surface area contributed by atoms with Crippen LogP contribution in [-0.2, 0) is 9.59 Å². The highest BCUT2D eigenvalue weighted by atomic mass is 16.4. The van der Waals surface area contributed by atoms with Crippen LogP contribution in [0.5, 0.6) is 0 Å². The van der Waals surface area contributed by atoms with E-state index >= 15 is 0 Å². The maximum Gasteiger partial charge on any atom is 0.322 e. The standard InChI is InChI=1S/C10H12N2O3/c11-8-3-1-2-7(4-5-8)10(15)12-6-9(13)14/h1-2,4-5H,3,6,11H2,(H,12,15)(H,13,14). The third-order valence-electron chi connectivity index (χ3n) is 1.79. The molecule has 80 valence electrons. The van der Waals surface area contributed by atoms with E-state index in [-0.39, 0.29) is 6.54 Å². The molecule has 0 heterocycles. The molecule has 0 fully saturated rings. The predicted molar refractivity (Wildman–Crippen MR) is 54.8 cm³/mol. The molecule has 15 heavy (non-hydrogen) atoms. The van der Waals surface area contributed by atoms with Gasteiger partial charge in [-0.15, -0.1) is 0 Å². The molecule has 5 heteroatoms. The molecule has 0 aromatic carbocycles. The number of nitrogens with two attached hydrogens (primary N) is 1. The molecule has 1 aliphatic rings. The highest BCUT2D eigenvalue weighted by Gasteiger charge is 2.08. The molecule has 4 N–H and O–H groups in total. The van der Waals surface area contributed by atoms with Crippen LogP contribution in [0.15, 0.2) is 35.6 Å². The minimum Gasteiger partial charge on any atom is -0.480 e. The summed E-state index contributed by atoms with van der Waals surface area (Å²) in [5, 5.41) is 10.6. The molecule has 5 nitrogen and oxygen atoms in total. The first kappa shape index (κ1) is 11.0. The molecule has 1 rings (SSSR count). The van der Waals surface area contributed by atoms with Crippen LogP contribution in [0.3, 0.4) is 0 Å². The lowest BCUT2D eigenvalue weighted by Crippen LogP contribution is -2.29. The number of carboxylic acid groups (broad SMARTS) is 1. The van der Waals surface area contributed by atoms with Gasteiger partial charge >= 0.3 is 5.97 Å². The highest BCUT2D eigenvalue weighted by Crippen LogP contribution is 2.07. The number of amides is 1. The van der Waals surface area contributed by atoms with Crippen molar-refractivity contribution in [3.8, 4) is 0 Å². The molecular weight excluding hydrogens is 196 g/mol. The van der Waals surface area contributed by atoms with Crippen LogP contribution in [0.1, 0.15) is 6.42 Å². The average molecular weight is 208 g/mol. The van der Waals surface area contributed by atoms with Crippen molar-refractivity contribution in [1.82, 2.24) is 5.32 Å². The van der Waals surface area contributed by atoms with E-state index in [0.29, 0.717) is 17.7 Å². The smallest absolute Gasteiger partial charge is 0.322 e. The molecule has 1 aliphatic carbocycles. The third kappa shape index (κ3) is 3.68. The molecule has 0 aromatic rings. The molecule has 0 bridgehead atoms. The van der Waals surface area contributed by atoms with Crippen molar-refractivity contribution < 1.29 is 14.7 Å². The Morgan fingerprint density at radius 2 is 2.20 bits per heavy atom. The fourth-order valence-electron chi connectivity index (χ4n) is 1.05. The lowest BCUT2D eigenvalue weighted by Gasteiger charge is -2.01. The fraction of sp³-hybridized carbons (Fsp3) is 0.200. The van der Waals surface area contributed by atoms with Gasteiger partial charge in [0, 0.05) is 17.7 Å². The zero-order valence-electron chi connectivity index (χ0n) is 8.06. The van der Waals surface area contributed by atoms with Gasteiger partial charge in [-0.1, -0.05) is 12.2 Å². The largest absolute Gasteiger partial charge is 0.480 e. The van der Waals surface area contributed by atoms with E-state index in [0.717, 1.165) is 0 Å². The Morgan fingerprint density at radius 3 is 2.87 bits per heavy atom. The van der Waals surface area contributed by atoms with Crippen molar-refractivity contribution >= 4 is 11.9 Å². The van der Waals surface area contributed by atoms with E-state index < -0.39 is 11.9 Å². The highest BCUT2D eigenvalue weighted by molar-refractivity contribution is 5.97. The lowest BCUT2D eigenvalue weighted by molar-refractivity contribution is -0.137. The van der Waals surface area contributed by atoms with E-state index in [1.165, 1.54) is 0 Å². The molecule has 0 unspecified atom stereocenters. The summed E-state index contributed by atoms with van der Waals surface area (Å²) in [5.74, 6) is -1.49. The van der Waals surface area contributed by atoms with Gasteiger partial charge in [-0.25, -0.2) is 0 Å². The van der Waals surface area contributed by atoms with Crippen molar-refractivity contribution in [2.24, 2.45) is 5.73 Å². The van der Waals surface area contributed by atoms with Crippen LogP contribution in [0.4, 0.5) is 0 Å². The van der Waals surface area contributed by atoms with Crippen LogP contribution in [0.25, 0.3) is 0 Å². The minimum absolute atomic E-state index is 0.386. The second-order valence-electron chi connectivity index (χ2n) is 3.05. The summed E-state index contributed by atoms with van der Waals surface area (Å²) in [5.41, 5.74) is 6.62. The van der Waals surface area contributed by atoms with E-state index in [9.17, 15) is 9.59 Å². The van der Waals surface area contributed by atoms with Crippen molar-refractivity contribution in [2.75, 3.05) is 6.54 Å². The number of hydrogen-bond acceptors (Lipinski definition) is 3. The maximum absolute atomic E-state index is 11.4. The summed E-state index contributed by atoms with van der Waals surface area (Å²) in [7, 11) is 0. The second kappa shape index (κ2) is 4.99. The molecule has 0 saturated heterocycles. The monoisotopic (exact) mass is 208 g/mol. The topological polar surface area (TPSA) is 92.4 Å². The van der Waals surface area contributed by atoms with Crippen molar-refractivity contribution in [3.05, 3.63) is 35.6 Å².